The van der Waals surface area contributed by atoms with E-state index < -0.39 is 0 Å². The fraction of sp³-hybridized carbons (Fsp3) is 0.909. The number of carbonyl (C=O) groups excluding carboxylic acids is 1. The Hall–Kier alpha value is -0.610. The fourth-order valence-electron chi connectivity index (χ4n) is 2.21. The minimum atomic E-state index is 0.0190. The molecule has 1 atom stereocenters. The minimum absolute atomic E-state index is 0.0190. The van der Waals surface area contributed by atoms with Crippen LogP contribution in [0.3, 0.4) is 0 Å². The number of nitrogens with zero attached hydrogens (tertiary/aromatic N) is 1. The lowest BCUT2D eigenvalue weighted by atomic mass is 9.96. The van der Waals surface area contributed by atoms with Gasteiger partial charge in [0.2, 0.25) is 5.91 Å². The van der Waals surface area contributed by atoms with Crippen LogP contribution in [0.15, 0.2) is 0 Å². The number of likely N-dealkylation sites (tertiary alicyclic amines) is 1. The highest BCUT2D eigenvalue weighted by molar-refractivity contribution is 5.80. The van der Waals surface area contributed by atoms with Crippen LogP contribution in [-0.2, 0) is 4.79 Å². The van der Waals surface area contributed by atoms with Crippen molar-refractivity contribution in [1.29, 1.82) is 0 Å². The highest BCUT2D eigenvalue weighted by Gasteiger charge is 2.25. The molecule has 0 radical (unpaired) electrons. The Morgan fingerprint density at radius 3 is 2.47 bits per heavy atom. The average molecular weight is 213 g/mol. The Labute approximate surface area is 92.4 Å². The van der Waals surface area contributed by atoms with Crippen LogP contribution in [0.5, 0.6) is 0 Å². The smallest absolute Gasteiger partial charge is 0.236 e. The van der Waals surface area contributed by atoms with Crippen molar-refractivity contribution in [2.45, 2.75) is 25.8 Å². The van der Waals surface area contributed by atoms with E-state index in [1.54, 1.807) is 7.05 Å². The molecule has 15 heavy (non-hydrogen) atoms. The van der Waals surface area contributed by atoms with Crippen molar-refractivity contribution in [3.63, 3.8) is 0 Å². The molecule has 0 aromatic rings. The van der Waals surface area contributed by atoms with Crippen LogP contribution in [0.1, 0.15) is 19.8 Å². The van der Waals surface area contributed by atoms with Gasteiger partial charge in [-0.1, -0.05) is 0 Å². The van der Waals surface area contributed by atoms with Crippen molar-refractivity contribution in [3.8, 4) is 0 Å². The third-order valence-corrected chi connectivity index (χ3v) is 3.32. The largest absolute Gasteiger partial charge is 0.358 e. The van der Waals surface area contributed by atoms with E-state index in [0.29, 0.717) is 0 Å². The predicted molar refractivity (Wildman–Crippen MR) is 61.8 cm³/mol. The molecule has 1 amide bonds. The fourth-order valence-corrected chi connectivity index (χ4v) is 2.21. The summed E-state index contributed by atoms with van der Waals surface area (Å²) in [6, 6.07) is 0.0190. The van der Waals surface area contributed by atoms with Gasteiger partial charge in [0.1, 0.15) is 0 Å². The van der Waals surface area contributed by atoms with Gasteiger partial charge in [-0.3, -0.25) is 9.69 Å². The van der Waals surface area contributed by atoms with Crippen molar-refractivity contribution in [2.24, 2.45) is 5.92 Å². The van der Waals surface area contributed by atoms with Gasteiger partial charge < -0.3 is 10.6 Å². The number of hydrogen-bond donors (Lipinski definition) is 2. The number of nitrogens with one attached hydrogen (secondary N) is 2. The predicted octanol–water partition coefficient (Wildman–Crippen LogP) is 0.0523. The van der Waals surface area contributed by atoms with Gasteiger partial charge >= 0.3 is 0 Å². The van der Waals surface area contributed by atoms with Gasteiger partial charge in [0, 0.05) is 7.05 Å². The Kier molecular flexibility index (Phi) is 5.05. The molecule has 0 aromatic heterocycles. The lowest BCUT2D eigenvalue weighted by molar-refractivity contribution is -0.125. The molecular weight excluding hydrogens is 190 g/mol. The second kappa shape index (κ2) is 6.08. The summed E-state index contributed by atoms with van der Waals surface area (Å²) >= 11 is 0. The molecule has 0 spiro atoms. The molecule has 88 valence electrons. The summed E-state index contributed by atoms with van der Waals surface area (Å²) in [6.45, 7) is 5.17. The van der Waals surface area contributed by atoms with Crippen LogP contribution < -0.4 is 10.6 Å². The van der Waals surface area contributed by atoms with Gasteiger partial charge in [0.15, 0.2) is 0 Å². The Morgan fingerprint density at radius 2 is 2.00 bits per heavy atom. The van der Waals surface area contributed by atoms with Crippen LogP contribution in [0, 0.1) is 5.92 Å². The molecule has 0 aromatic carbocycles. The molecular formula is C11H23N3O. The molecule has 1 unspecified atom stereocenters. The first-order chi connectivity index (χ1) is 7.19. The molecule has 0 saturated carbocycles. The highest BCUT2D eigenvalue weighted by Crippen LogP contribution is 2.18. The zero-order valence-electron chi connectivity index (χ0n) is 10.0. The number of carbonyl (C=O) groups is 1. The van der Waals surface area contributed by atoms with E-state index in [2.05, 4.69) is 15.5 Å². The summed E-state index contributed by atoms with van der Waals surface area (Å²) in [5, 5.41) is 5.92. The van der Waals surface area contributed by atoms with Crippen LogP contribution in [0.25, 0.3) is 0 Å². The molecule has 0 aliphatic carbocycles. The lowest BCUT2D eigenvalue weighted by Gasteiger charge is -2.35. The van der Waals surface area contributed by atoms with Crippen molar-refractivity contribution < 1.29 is 4.79 Å². The van der Waals surface area contributed by atoms with Crippen LogP contribution >= 0.6 is 0 Å². The van der Waals surface area contributed by atoms with Crippen molar-refractivity contribution in [1.82, 2.24) is 15.5 Å². The molecule has 4 heteroatoms. The third-order valence-electron chi connectivity index (χ3n) is 3.32. The second-order valence-electron chi connectivity index (χ2n) is 4.33. The SMILES string of the molecule is CNCC1CCN(C(C)C(=O)NC)CC1. The van der Waals surface area contributed by atoms with E-state index in [1.807, 2.05) is 14.0 Å². The van der Waals surface area contributed by atoms with Crippen molar-refractivity contribution >= 4 is 5.91 Å². The number of piperidine rings is 1. The second-order valence-corrected chi connectivity index (χ2v) is 4.33. The highest BCUT2D eigenvalue weighted by atomic mass is 16.2. The summed E-state index contributed by atoms with van der Waals surface area (Å²) in [6.07, 6.45) is 2.39. The first-order valence-electron chi connectivity index (χ1n) is 5.79. The summed E-state index contributed by atoms with van der Waals surface area (Å²) in [4.78, 5) is 13.7. The van der Waals surface area contributed by atoms with Gasteiger partial charge in [-0.2, -0.15) is 0 Å². The van der Waals surface area contributed by atoms with Gasteiger partial charge in [-0.25, -0.2) is 0 Å². The number of rotatable bonds is 4. The third kappa shape index (κ3) is 3.47. The summed E-state index contributed by atoms with van der Waals surface area (Å²) in [5.41, 5.74) is 0. The van der Waals surface area contributed by atoms with Gasteiger partial charge in [-0.15, -0.1) is 0 Å². The number of amides is 1. The van der Waals surface area contributed by atoms with Gasteiger partial charge in [-0.05, 0) is 52.4 Å². The van der Waals surface area contributed by atoms with Crippen LogP contribution in [-0.4, -0.2) is 50.6 Å². The standard InChI is InChI=1S/C11H23N3O/c1-9(11(15)13-3)14-6-4-10(5-7-14)8-12-2/h9-10,12H,4-8H2,1-3H3,(H,13,15). The molecule has 1 heterocycles. The van der Waals surface area contributed by atoms with E-state index >= 15 is 0 Å². The maximum absolute atomic E-state index is 11.5. The average Bonchev–Trinajstić information content (AvgIpc) is 2.28. The maximum atomic E-state index is 11.5. The summed E-state index contributed by atoms with van der Waals surface area (Å²) < 4.78 is 0. The van der Waals surface area contributed by atoms with E-state index in [4.69, 9.17) is 0 Å². The monoisotopic (exact) mass is 213 g/mol. The summed E-state index contributed by atoms with van der Waals surface area (Å²) in [7, 11) is 3.70. The maximum Gasteiger partial charge on any atom is 0.236 e. The number of hydrogen-bond acceptors (Lipinski definition) is 3. The molecule has 1 saturated heterocycles. The van der Waals surface area contributed by atoms with E-state index in [1.165, 1.54) is 12.8 Å². The van der Waals surface area contributed by atoms with Crippen molar-refractivity contribution in [3.05, 3.63) is 0 Å². The Balaban J connectivity index is 2.33. The zero-order chi connectivity index (χ0) is 11.3. The Morgan fingerprint density at radius 1 is 1.40 bits per heavy atom. The molecule has 2 N–H and O–H groups in total. The Bertz CT molecular complexity index is 200. The zero-order valence-corrected chi connectivity index (χ0v) is 10.0. The van der Waals surface area contributed by atoms with E-state index in [-0.39, 0.29) is 11.9 Å². The lowest BCUT2D eigenvalue weighted by Crippen LogP contribution is -2.48. The number of likely N-dealkylation sites (N-methyl/N-ethyl adjacent to an activating group) is 1. The normalized spacial score (nSPS) is 21.3. The van der Waals surface area contributed by atoms with Gasteiger partial charge in [0.25, 0.3) is 0 Å². The molecule has 1 rings (SSSR count). The first kappa shape index (κ1) is 12.5. The van der Waals surface area contributed by atoms with E-state index in [9.17, 15) is 4.79 Å². The molecule has 1 fully saturated rings. The van der Waals surface area contributed by atoms with E-state index in [0.717, 1.165) is 25.6 Å². The first-order valence-corrected chi connectivity index (χ1v) is 5.79. The topological polar surface area (TPSA) is 44.4 Å². The quantitative estimate of drug-likeness (QED) is 0.694. The minimum Gasteiger partial charge on any atom is -0.358 e. The van der Waals surface area contributed by atoms with Gasteiger partial charge in [0.05, 0.1) is 6.04 Å². The molecule has 1 aliphatic rings. The van der Waals surface area contributed by atoms with Crippen LogP contribution in [0.4, 0.5) is 0 Å². The molecule has 0 bridgehead atoms. The summed E-state index contributed by atoms with van der Waals surface area (Å²) in [5.74, 6) is 0.908. The van der Waals surface area contributed by atoms with Crippen LogP contribution in [0.2, 0.25) is 0 Å². The molecule has 4 nitrogen and oxygen atoms in total. The van der Waals surface area contributed by atoms with Crippen molar-refractivity contribution in [2.75, 3.05) is 33.7 Å². The molecule has 1 aliphatic heterocycles.